The summed E-state index contributed by atoms with van der Waals surface area (Å²) in [4.78, 5) is 23.1. The fourth-order valence-electron chi connectivity index (χ4n) is 2.16. The Balaban J connectivity index is 2.93. The van der Waals surface area contributed by atoms with Gasteiger partial charge >= 0.3 is 5.97 Å². The van der Waals surface area contributed by atoms with Gasteiger partial charge in [-0.05, 0) is 18.6 Å². The Bertz CT molecular complexity index is 531. The SMILES string of the molecule is COCCCC(=O)NC(CC(=O)O)c1ccc(OC)cc1OC. The lowest BCUT2D eigenvalue weighted by Gasteiger charge is -2.20. The highest BCUT2D eigenvalue weighted by Crippen LogP contribution is 2.31. The van der Waals surface area contributed by atoms with Crippen LogP contribution < -0.4 is 14.8 Å². The first kappa shape index (κ1) is 18.8. The molecule has 128 valence electrons. The molecule has 0 aliphatic carbocycles. The summed E-state index contributed by atoms with van der Waals surface area (Å²) in [5.74, 6) is -0.185. The fraction of sp³-hybridized carbons (Fsp3) is 0.500. The minimum atomic E-state index is -1.01. The molecule has 2 N–H and O–H groups in total. The van der Waals surface area contributed by atoms with Crippen molar-refractivity contribution in [3.8, 4) is 11.5 Å². The summed E-state index contributed by atoms with van der Waals surface area (Å²) in [5, 5.41) is 11.8. The second-order valence-corrected chi connectivity index (χ2v) is 4.92. The second-order valence-electron chi connectivity index (χ2n) is 4.92. The van der Waals surface area contributed by atoms with Gasteiger partial charge in [0.05, 0.1) is 26.7 Å². The van der Waals surface area contributed by atoms with Crippen LogP contribution in [0.5, 0.6) is 11.5 Å². The first-order valence-electron chi connectivity index (χ1n) is 7.23. The predicted octanol–water partition coefficient (Wildman–Crippen LogP) is 1.76. The number of amides is 1. The zero-order valence-corrected chi connectivity index (χ0v) is 13.6. The maximum absolute atomic E-state index is 12.0. The van der Waals surface area contributed by atoms with Crippen molar-refractivity contribution in [3.63, 3.8) is 0 Å². The molecular formula is C16H23NO6. The van der Waals surface area contributed by atoms with E-state index in [1.807, 2.05) is 0 Å². The van der Waals surface area contributed by atoms with Crippen molar-refractivity contribution in [2.75, 3.05) is 27.9 Å². The van der Waals surface area contributed by atoms with Crippen molar-refractivity contribution in [2.24, 2.45) is 0 Å². The van der Waals surface area contributed by atoms with E-state index in [1.165, 1.54) is 14.2 Å². The predicted molar refractivity (Wildman–Crippen MR) is 83.8 cm³/mol. The fourth-order valence-corrected chi connectivity index (χ4v) is 2.16. The van der Waals surface area contributed by atoms with Crippen LogP contribution in [0.1, 0.15) is 30.9 Å². The summed E-state index contributed by atoms with van der Waals surface area (Å²) in [7, 11) is 4.57. The van der Waals surface area contributed by atoms with E-state index in [4.69, 9.17) is 19.3 Å². The monoisotopic (exact) mass is 325 g/mol. The number of hydrogen-bond donors (Lipinski definition) is 2. The number of benzene rings is 1. The standard InChI is InChI=1S/C16H23NO6/c1-21-8-4-5-15(18)17-13(10-16(19)20)12-7-6-11(22-2)9-14(12)23-3/h6-7,9,13H,4-5,8,10H2,1-3H3,(H,17,18)(H,19,20). The molecule has 1 unspecified atom stereocenters. The van der Waals surface area contributed by atoms with E-state index in [9.17, 15) is 9.59 Å². The molecule has 0 radical (unpaired) electrons. The van der Waals surface area contributed by atoms with E-state index in [0.717, 1.165) is 0 Å². The number of carbonyl (C=O) groups excluding carboxylic acids is 1. The Morgan fingerprint density at radius 1 is 1.22 bits per heavy atom. The third-order valence-electron chi connectivity index (χ3n) is 3.28. The molecule has 0 aliphatic rings. The van der Waals surface area contributed by atoms with Gasteiger partial charge in [-0.25, -0.2) is 0 Å². The zero-order valence-electron chi connectivity index (χ0n) is 13.6. The first-order valence-corrected chi connectivity index (χ1v) is 7.23. The zero-order chi connectivity index (χ0) is 17.2. The lowest BCUT2D eigenvalue weighted by atomic mass is 10.0. The van der Waals surface area contributed by atoms with Crippen LogP contribution in [0.4, 0.5) is 0 Å². The molecule has 1 atom stereocenters. The van der Waals surface area contributed by atoms with E-state index in [2.05, 4.69) is 5.32 Å². The number of nitrogens with one attached hydrogen (secondary N) is 1. The van der Waals surface area contributed by atoms with Crippen LogP contribution in [0.3, 0.4) is 0 Å². The summed E-state index contributed by atoms with van der Waals surface area (Å²) < 4.78 is 15.3. The Morgan fingerprint density at radius 2 is 1.96 bits per heavy atom. The van der Waals surface area contributed by atoms with E-state index in [1.54, 1.807) is 25.3 Å². The Hall–Kier alpha value is -2.28. The average molecular weight is 325 g/mol. The summed E-state index contributed by atoms with van der Waals surface area (Å²) in [5.41, 5.74) is 0.593. The number of carboxylic acid groups (broad SMARTS) is 1. The summed E-state index contributed by atoms with van der Waals surface area (Å²) in [6, 6.07) is 4.37. The number of rotatable bonds is 10. The molecule has 0 aromatic heterocycles. The summed E-state index contributed by atoms with van der Waals surface area (Å²) in [6.07, 6.45) is 0.600. The molecule has 7 nitrogen and oxygen atoms in total. The highest BCUT2D eigenvalue weighted by atomic mass is 16.5. The number of aliphatic carboxylic acids is 1. The minimum Gasteiger partial charge on any atom is -0.497 e. The van der Waals surface area contributed by atoms with Gasteiger partial charge in [-0.15, -0.1) is 0 Å². The Kier molecular flexibility index (Phi) is 7.90. The van der Waals surface area contributed by atoms with Gasteiger partial charge in [0.25, 0.3) is 0 Å². The van der Waals surface area contributed by atoms with E-state index in [0.29, 0.717) is 30.1 Å². The maximum Gasteiger partial charge on any atom is 0.305 e. The van der Waals surface area contributed by atoms with E-state index in [-0.39, 0.29) is 18.7 Å². The molecule has 0 heterocycles. The molecule has 1 rings (SSSR count). The number of hydrogen-bond acceptors (Lipinski definition) is 5. The van der Waals surface area contributed by atoms with Crippen LogP contribution in [-0.2, 0) is 14.3 Å². The number of methoxy groups -OCH3 is 3. The molecular weight excluding hydrogens is 302 g/mol. The van der Waals surface area contributed by atoms with Gasteiger partial charge < -0.3 is 24.6 Å². The third kappa shape index (κ3) is 6.15. The van der Waals surface area contributed by atoms with Gasteiger partial charge in [-0.3, -0.25) is 9.59 Å². The Morgan fingerprint density at radius 3 is 2.52 bits per heavy atom. The normalized spacial score (nSPS) is 11.6. The largest absolute Gasteiger partial charge is 0.497 e. The number of carbonyl (C=O) groups is 2. The molecule has 0 saturated carbocycles. The first-order chi connectivity index (χ1) is 11.0. The van der Waals surface area contributed by atoms with Crippen molar-refractivity contribution in [2.45, 2.75) is 25.3 Å². The van der Waals surface area contributed by atoms with E-state index >= 15 is 0 Å². The van der Waals surface area contributed by atoms with Crippen LogP contribution in [-0.4, -0.2) is 44.9 Å². The quantitative estimate of drug-likeness (QED) is 0.637. The molecule has 7 heteroatoms. The lowest BCUT2D eigenvalue weighted by Crippen LogP contribution is -2.30. The molecule has 1 amide bonds. The van der Waals surface area contributed by atoms with Crippen LogP contribution in [0.15, 0.2) is 18.2 Å². The molecule has 0 bridgehead atoms. The van der Waals surface area contributed by atoms with Crippen LogP contribution in [0.2, 0.25) is 0 Å². The lowest BCUT2D eigenvalue weighted by molar-refractivity contribution is -0.137. The molecule has 0 aliphatic heterocycles. The van der Waals surface area contributed by atoms with Crippen molar-refractivity contribution in [1.29, 1.82) is 0 Å². The van der Waals surface area contributed by atoms with E-state index < -0.39 is 12.0 Å². The number of carboxylic acids is 1. The molecule has 1 aromatic carbocycles. The maximum atomic E-state index is 12.0. The topological polar surface area (TPSA) is 94.1 Å². The molecule has 0 fully saturated rings. The summed E-state index contributed by atoms with van der Waals surface area (Å²) in [6.45, 7) is 0.475. The molecule has 23 heavy (non-hydrogen) atoms. The van der Waals surface area contributed by atoms with Crippen molar-refractivity contribution < 1.29 is 28.9 Å². The van der Waals surface area contributed by atoms with Crippen molar-refractivity contribution in [1.82, 2.24) is 5.32 Å². The third-order valence-corrected chi connectivity index (χ3v) is 3.28. The van der Waals surface area contributed by atoms with Gasteiger partial charge in [0.15, 0.2) is 0 Å². The Labute approximate surface area is 135 Å². The van der Waals surface area contributed by atoms with Gasteiger partial charge in [-0.2, -0.15) is 0 Å². The van der Waals surface area contributed by atoms with Gasteiger partial charge in [0, 0.05) is 31.8 Å². The van der Waals surface area contributed by atoms with Gasteiger partial charge in [-0.1, -0.05) is 0 Å². The van der Waals surface area contributed by atoms with Gasteiger partial charge in [0.1, 0.15) is 11.5 Å². The second kappa shape index (κ2) is 9.68. The van der Waals surface area contributed by atoms with Crippen LogP contribution in [0.25, 0.3) is 0 Å². The molecule has 0 spiro atoms. The van der Waals surface area contributed by atoms with Crippen molar-refractivity contribution in [3.05, 3.63) is 23.8 Å². The van der Waals surface area contributed by atoms with Crippen LogP contribution in [0, 0.1) is 0 Å². The van der Waals surface area contributed by atoms with Crippen molar-refractivity contribution >= 4 is 11.9 Å². The minimum absolute atomic E-state index is 0.230. The average Bonchev–Trinajstić information content (AvgIpc) is 2.53. The van der Waals surface area contributed by atoms with Gasteiger partial charge in [0.2, 0.25) is 5.91 Å². The number of ether oxygens (including phenoxy) is 3. The van der Waals surface area contributed by atoms with Crippen LogP contribution >= 0.6 is 0 Å². The molecule has 0 saturated heterocycles. The summed E-state index contributed by atoms with van der Waals surface area (Å²) >= 11 is 0. The highest BCUT2D eigenvalue weighted by Gasteiger charge is 2.21. The smallest absolute Gasteiger partial charge is 0.305 e. The highest BCUT2D eigenvalue weighted by molar-refractivity contribution is 5.78. The molecule has 1 aromatic rings.